The van der Waals surface area contributed by atoms with Crippen LogP contribution in [0.25, 0.3) is 65.7 Å². The minimum absolute atomic E-state index is 0.0863. The van der Waals surface area contributed by atoms with Crippen molar-refractivity contribution in [2.75, 3.05) is 4.90 Å². The van der Waals surface area contributed by atoms with Gasteiger partial charge < -0.3 is 4.90 Å². The molecule has 0 heterocycles. The van der Waals surface area contributed by atoms with Gasteiger partial charge in [-0.15, -0.1) is 0 Å². The molecular formula is C51H37N. The summed E-state index contributed by atoms with van der Waals surface area (Å²) >= 11 is 0. The summed E-state index contributed by atoms with van der Waals surface area (Å²) in [5.41, 5.74) is 13.6. The van der Waals surface area contributed by atoms with Crippen molar-refractivity contribution >= 4 is 49.4 Å². The highest BCUT2D eigenvalue weighted by Gasteiger charge is 2.35. The van der Waals surface area contributed by atoms with Gasteiger partial charge in [0.2, 0.25) is 0 Å². The third kappa shape index (κ3) is 4.85. The Labute approximate surface area is 305 Å². The Balaban J connectivity index is 1.08. The van der Waals surface area contributed by atoms with Crippen molar-refractivity contribution in [2.24, 2.45) is 0 Å². The second-order valence-electron chi connectivity index (χ2n) is 14.6. The number of fused-ring (bicyclic) bond motifs is 8. The fourth-order valence-electron chi connectivity index (χ4n) is 8.55. The lowest BCUT2D eigenvalue weighted by Crippen LogP contribution is -2.16. The monoisotopic (exact) mass is 663 g/mol. The average molecular weight is 664 g/mol. The molecule has 1 nitrogen and oxygen atoms in total. The van der Waals surface area contributed by atoms with Crippen LogP contribution < -0.4 is 4.90 Å². The third-order valence-electron chi connectivity index (χ3n) is 11.2. The Bertz CT molecular complexity index is 2810. The van der Waals surface area contributed by atoms with Crippen molar-refractivity contribution in [1.82, 2.24) is 0 Å². The molecule has 1 aliphatic rings. The van der Waals surface area contributed by atoms with Crippen LogP contribution in [0.2, 0.25) is 0 Å². The van der Waals surface area contributed by atoms with Crippen LogP contribution in [0, 0.1) is 0 Å². The Morgan fingerprint density at radius 3 is 1.81 bits per heavy atom. The van der Waals surface area contributed by atoms with Crippen LogP contribution in [0.5, 0.6) is 0 Å². The SMILES string of the molecule is CC1(C)c2ccccc2-c2ccc(N(c3ccc(-c4ccc5c(ccc6ccc7ccccc7c65)c4)cc3)c3cccc(-c4ccccc4)c3)cc21. The average Bonchev–Trinajstić information content (AvgIpc) is 3.43. The molecule has 0 aromatic heterocycles. The van der Waals surface area contributed by atoms with Gasteiger partial charge in [-0.25, -0.2) is 0 Å². The smallest absolute Gasteiger partial charge is 0.0467 e. The molecule has 0 aliphatic heterocycles. The Morgan fingerprint density at radius 1 is 0.346 bits per heavy atom. The van der Waals surface area contributed by atoms with Gasteiger partial charge in [0.25, 0.3) is 0 Å². The molecule has 52 heavy (non-hydrogen) atoms. The van der Waals surface area contributed by atoms with E-state index in [1.165, 1.54) is 76.8 Å². The van der Waals surface area contributed by atoms with Crippen molar-refractivity contribution in [2.45, 2.75) is 19.3 Å². The summed E-state index contributed by atoms with van der Waals surface area (Å²) < 4.78 is 0. The minimum Gasteiger partial charge on any atom is -0.310 e. The maximum atomic E-state index is 2.41. The molecule has 0 fully saturated rings. The molecule has 0 radical (unpaired) electrons. The number of nitrogens with zero attached hydrogens (tertiary/aromatic N) is 1. The van der Waals surface area contributed by atoms with E-state index in [-0.39, 0.29) is 5.41 Å². The summed E-state index contributed by atoms with van der Waals surface area (Å²) in [6.45, 7) is 4.71. The number of hydrogen-bond donors (Lipinski definition) is 0. The van der Waals surface area contributed by atoms with E-state index in [1.54, 1.807) is 0 Å². The van der Waals surface area contributed by atoms with Crippen LogP contribution in [0.3, 0.4) is 0 Å². The third-order valence-corrected chi connectivity index (χ3v) is 11.2. The maximum absolute atomic E-state index is 2.41. The molecule has 1 heteroatoms. The quantitative estimate of drug-likeness (QED) is 0.166. The van der Waals surface area contributed by atoms with E-state index >= 15 is 0 Å². The first-order chi connectivity index (χ1) is 25.5. The van der Waals surface area contributed by atoms with Crippen LogP contribution in [-0.4, -0.2) is 0 Å². The lowest BCUT2D eigenvalue weighted by molar-refractivity contribution is 0.660. The van der Waals surface area contributed by atoms with Crippen molar-refractivity contribution in [3.63, 3.8) is 0 Å². The lowest BCUT2D eigenvalue weighted by Gasteiger charge is -2.28. The molecule has 10 rings (SSSR count). The van der Waals surface area contributed by atoms with E-state index < -0.39 is 0 Å². The predicted molar refractivity (Wildman–Crippen MR) is 222 cm³/mol. The zero-order valence-corrected chi connectivity index (χ0v) is 29.3. The second-order valence-corrected chi connectivity index (χ2v) is 14.6. The molecule has 246 valence electrons. The van der Waals surface area contributed by atoms with Crippen LogP contribution in [0.1, 0.15) is 25.0 Å². The second kappa shape index (κ2) is 11.8. The van der Waals surface area contributed by atoms with Crippen LogP contribution >= 0.6 is 0 Å². The Kier molecular flexibility index (Phi) is 6.91. The van der Waals surface area contributed by atoms with E-state index in [0.717, 1.165) is 17.1 Å². The first kappa shape index (κ1) is 30.4. The fourth-order valence-corrected chi connectivity index (χ4v) is 8.55. The summed E-state index contributed by atoms with van der Waals surface area (Å²) in [5, 5.41) is 7.73. The minimum atomic E-state index is -0.0863. The van der Waals surface area contributed by atoms with Gasteiger partial charge in [0.15, 0.2) is 0 Å². The van der Waals surface area contributed by atoms with Gasteiger partial charge in [0.05, 0.1) is 0 Å². The maximum Gasteiger partial charge on any atom is 0.0467 e. The highest BCUT2D eigenvalue weighted by molar-refractivity contribution is 6.20. The van der Waals surface area contributed by atoms with Crippen molar-refractivity contribution in [1.29, 1.82) is 0 Å². The molecule has 1 aliphatic carbocycles. The topological polar surface area (TPSA) is 3.24 Å². The first-order valence-electron chi connectivity index (χ1n) is 18.2. The number of benzene rings is 9. The molecule has 0 unspecified atom stereocenters. The van der Waals surface area contributed by atoms with Crippen LogP contribution in [-0.2, 0) is 5.41 Å². The largest absolute Gasteiger partial charge is 0.310 e. The normalized spacial score (nSPS) is 13.0. The Hall–Kier alpha value is -6.44. The molecule has 0 bridgehead atoms. The van der Waals surface area contributed by atoms with Gasteiger partial charge in [-0.1, -0.05) is 159 Å². The van der Waals surface area contributed by atoms with Crippen LogP contribution in [0.15, 0.2) is 188 Å². The number of rotatable bonds is 5. The van der Waals surface area contributed by atoms with E-state index in [4.69, 9.17) is 0 Å². The van der Waals surface area contributed by atoms with Crippen LogP contribution in [0.4, 0.5) is 17.1 Å². The van der Waals surface area contributed by atoms with Gasteiger partial charge in [0.1, 0.15) is 0 Å². The zero-order chi connectivity index (χ0) is 34.8. The molecule has 0 saturated carbocycles. The van der Waals surface area contributed by atoms with Gasteiger partial charge in [-0.3, -0.25) is 0 Å². The Morgan fingerprint density at radius 2 is 0.942 bits per heavy atom. The standard InChI is InChI=1S/C51H37N/c1-51(2)48-18-9-8-17-46(48)47-30-28-43(33-49(47)51)52(42-15-10-14-38(32-42)34-11-4-3-5-12-34)41-26-23-35(24-27-41)39-25-29-45-40(31-39)22-21-37-20-19-36-13-6-7-16-44(36)50(37)45/h3-33H,1-2H3. The van der Waals surface area contributed by atoms with Crippen molar-refractivity contribution in [3.8, 4) is 33.4 Å². The van der Waals surface area contributed by atoms with E-state index in [9.17, 15) is 0 Å². The van der Waals surface area contributed by atoms with Gasteiger partial charge in [-0.2, -0.15) is 0 Å². The van der Waals surface area contributed by atoms with Gasteiger partial charge >= 0.3 is 0 Å². The summed E-state index contributed by atoms with van der Waals surface area (Å²) in [5.74, 6) is 0. The molecule has 9 aromatic carbocycles. The fraction of sp³-hybridized carbons (Fsp3) is 0.0588. The highest BCUT2D eigenvalue weighted by Crippen LogP contribution is 2.50. The summed E-state index contributed by atoms with van der Waals surface area (Å²) in [6.07, 6.45) is 0. The zero-order valence-electron chi connectivity index (χ0n) is 29.3. The number of anilines is 3. The van der Waals surface area contributed by atoms with Crippen molar-refractivity contribution in [3.05, 3.63) is 199 Å². The summed E-state index contributed by atoms with van der Waals surface area (Å²) in [4.78, 5) is 2.41. The molecular weight excluding hydrogens is 627 g/mol. The first-order valence-corrected chi connectivity index (χ1v) is 18.2. The van der Waals surface area contributed by atoms with Gasteiger partial charge in [-0.05, 0) is 119 Å². The molecule has 0 amide bonds. The molecule has 9 aromatic rings. The summed E-state index contributed by atoms with van der Waals surface area (Å²) in [6, 6.07) is 69.2. The lowest BCUT2D eigenvalue weighted by atomic mass is 9.82. The summed E-state index contributed by atoms with van der Waals surface area (Å²) in [7, 11) is 0. The number of hydrogen-bond acceptors (Lipinski definition) is 1. The molecule has 0 spiro atoms. The molecule has 0 saturated heterocycles. The predicted octanol–water partition coefficient (Wildman–Crippen LogP) is 14.3. The van der Waals surface area contributed by atoms with E-state index in [2.05, 4.69) is 207 Å². The molecule has 0 N–H and O–H groups in total. The molecule has 0 atom stereocenters. The van der Waals surface area contributed by atoms with Gasteiger partial charge in [0, 0.05) is 22.5 Å². The highest BCUT2D eigenvalue weighted by atomic mass is 15.1. The van der Waals surface area contributed by atoms with Crippen molar-refractivity contribution < 1.29 is 0 Å². The van der Waals surface area contributed by atoms with E-state index in [1.807, 2.05) is 0 Å². The van der Waals surface area contributed by atoms with E-state index in [0.29, 0.717) is 0 Å².